The van der Waals surface area contributed by atoms with Crippen LogP contribution in [0.2, 0.25) is 0 Å². The minimum atomic E-state index is -4.37. The molecular formula is C26H20F3NO3S. The number of aliphatic carboxylic acids is 1. The van der Waals surface area contributed by atoms with E-state index in [9.17, 15) is 23.1 Å². The first-order valence-electron chi connectivity index (χ1n) is 10.4. The third-order valence-electron chi connectivity index (χ3n) is 5.11. The van der Waals surface area contributed by atoms with Gasteiger partial charge >= 0.3 is 12.1 Å². The van der Waals surface area contributed by atoms with Crippen molar-refractivity contribution in [2.75, 3.05) is 0 Å². The Kier molecular flexibility index (Phi) is 7.07. The molecule has 1 aromatic heterocycles. The summed E-state index contributed by atoms with van der Waals surface area (Å²) in [6.07, 6.45) is -2.40. The van der Waals surface area contributed by atoms with Crippen LogP contribution in [-0.4, -0.2) is 21.3 Å². The number of rotatable bonds is 8. The number of pyridine rings is 1. The second kappa shape index (κ2) is 10.2. The van der Waals surface area contributed by atoms with Crippen LogP contribution < -0.4 is 4.74 Å². The lowest BCUT2D eigenvalue weighted by Crippen LogP contribution is -2.19. The summed E-state index contributed by atoms with van der Waals surface area (Å²) >= 11 is 1.29. The highest BCUT2D eigenvalue weighted by Gasteiger charge is 2.29. The maximum absolute atomic E-state index is 12.7. The van der Waals surface area contributed by atoms with E-state index in [1.54, 1.807) is 24.4 Å². The van der Waals surface area contributed by atoms with Gasteiger partial charge in [0, 0.05) is 16.5 Å². The summed E-state index contributed by atoms with van der Waals surface area (Å²) < 4.78 is 43.9. The minimum Gasteiger partial charge on any atom is -0.489 e. The molecule has 0 bridgehead atoms. The molecule has 4 aromatic rings. The van der Waals surface area contributed by atoms with Gasteiger partial charge in [0.15, 0.2) is 0 Å². The molecule has 1 heterocycles. The van der Waals surface area contributed by atoms with Crippen LogP contribution in [0.3, 0.4) is 0 Å². The lowest BCUT2D eigenvalue weighted by atomic mass is 10.1. The zero-order valence-electron chi connectivity index (χ0n) is 17.8. The number of nitrogens with zero attached hydrogens (tertiary/aromatic N) is 1. The molecule has 4 rings (SSSR count). The van der Waals surface area contributed by atoms with Crippen molar-refractivity contribution in [3.05, 3.63) is 102 Å². The van der Waals surface area contributed by atoms with Crippen LogP contribution in [0.5, 0.6) is 5.75 Å². The molecule has 174 valence electrons. The van der Waals surface area contributed by atoms with Crippen LogP contribution >= 0.6 is 11.8 Å². The molecule has 8 heteroatoms. The van der Waals surface area contributed by atoms with E-state index >= 15 is 0 Å². The van der Waals surface area contributed by atoms with Gasteiger partial charge in [-0.25, -0.2) is 0 Å². The normalized spacial score (nSPS) is 12.4. The van der Waals surface area contributed by atoms with E-state index < -0.39 is 23.0 Å². The Hall–Kier alpha value is -3.52. The first-order valence-corrected chi connectivity index (χ1v) is 11.3. The van der Waals surface area contributed by atoms with Crippen molar-refractivity contribution in [1.82, 2.24) is 4.98 Å². The molecule has 0 saturated carbocycles. The molecule has 0 aliphatic heterocycles. The number of hydrogen-bond acceptors (Lipinski definition) is 4. The monoisotopic (exact) mass is 483 g/mol. The van der Waals surface area contributed by atoms with Gasteiger partial charge < -0.3 is 9.84 Å². The molecule has 1 atom stereocenters. The highest BCUT2D eigenvalue weighted by atomic mass is 32.2. The maximum atomic E-state index is 12.7. The SMILES string of the molecule is O=C(O)C(Cc1cnc2ccc(OCc3ccc(C(F)(F)F)cc3)cc2c1)Sc1ccccc1. The number of hydrogen-bond donors (Lipinski definition) is 1. The standard InChI is InChI=1S/C26H20F3NO3S/c27-26(28,29)20-8-6-17(7-9-20)16-33-21-10-11-23-19(14-21)12-18(15-30-23)13-24(25(31)32)34-22-4-2-1-3-5-22/h1-12,14-15,24H,13,16H2,(H,31,32). The Labute approximate surface area is 198 Å². The number of carboxylic acid groups (broad SMARTS) is 1. The number of carbonyl (C=O) groups is 1. The minimum absolute atomic E-state index is 0.117. The molecule has 1 N–H and O–H groups in total. The van der Waals surface area contributed by atoms with Crippen LogP contribution in [0.25, 0.3) is 10.9 Å². The van der Waals surface area contributed by atoms with Gasteiger partial charge in [0.05, 0.1) is 11.1 Å². The van der Waals surface area contributed by atoms with Gasteiger partial charge in [0.25, 0.3) is 0 Å². The number of alkyl halides is 3. The zero-order valence-corrected chi connectivity index (χ0v) is 18.6. The first kappa shape index (κ1) is 23.6. The summed E-state index contributed by atoms with van der Waals surface area (Å²) in [6, 6.07) is 21.4. The van der Waals surface area contributed by atoms with Crippen LogP contribution in [0.15, 0.2) is 90.0 Å². The van der Waals surface area contributed by atoms with Gasteiger partial charge in [0.2, 0.25) is 0 Å². The third kappa shape index (κ3) is 6.08. The molecule has 1 unspecified atom stereocenters. The van der Waals surface area contributed by atoms with Crippen molar-refractivity contribution in [3.8, 4) is 5.75 Å². The fraction of sp³-hybridized carbons (Fsp3) is 0.154. The van der Waals surface area contributed by atoms with Crippen molar-refractivity contribution in [1.29, 1.82) is 0 Å². The molecule has 0 saturated heterocycles. The summed E-state index contributed by atoms with van der Waals surface area (Å²) in [5, 5.41) is 9.79. The first-order chi connectivity index (χ1) is 16.3. The molecule has 0 aliphatic carbocycles. The predicted octanol–water partition coefficient (Wildman–Crippen LogP) is 6.62. The molecule has 3 aromatic carbocycles. The number of halogens is 3. The van der Waals surface area contributed by atoms with E-state index in [1.807, 2.05) is 36.4 Å². The Balaban J connectivity index is 1.46. The van der Waals surface area contributed by atoms with Crippen LogP contribution in [0, 0.1) is 0 Å². The molecule has 0 radical (unpaired) electrons. The average Bonchev–Trinajstić information content (AvgIpc) is 2.82. The van der Waals surface area contributed by atoms with E-state index in [4.69, 9.17) is 4.74 Å². The topological polar surface area (TPSA) is 59.4 Å². The second-order valence-corrected chi connectivity index (χ2v) is 8.92. The Morgan fingerprint density at radius 3 is 2.38 bits per heavy atom. The van der Waals surface area contributed by atoms with Gasteiger partial charge in [-0.2, -0.15) is 13.2 Å². The lowest BCUT2D eigenvalue weighted by Gasteiger charge is -2.13. The van der Waals surface area contributed by atoms with Gasteiger partial charge in [-0.15, -0.1) is 11.8 Å². The second-order valence-electron chi connectivity index (χ2n) is 7.64. The van der Waals surface area contributed by atoms with Crippen molar-refractivity contribution < 1.29 is 27.8 Å². The van der Waals surface area contributed by atoms with Crippen LogP contribution in [-0.2, 0) is 24.0 Å². The molecule has 4 nitrogen and oxygen atoms in total. The predicted molar refractivity (Wildman–Crippen MR) is 125 cm³/mol. The van der Waals surface area contributed by atoms with Crippen molar-refractivity contribution in [2.24, 2.45) is 0 Å². The summed E-state index contributed by atoms with van der Waals surface area (Å²) in [6.45, 7) is 0.117. The van der Waals surface area contributed by atoms with Gasteiger partial charge in [-0.05, 0) is 66.1 Å². The molecule has 0 spiro atoms. The molecule has 0 fully saturated rings. The summed E-state index contributed by atoms with van der Waals surface area (Å²) in [5.41, 5.74) is 1.42. The smallest absolute Gasteiger partial charge is 0.416 e. The van der Waals surface area contributed by atoms with E-state index in [0.717, 1.165) is 33.5 Å². The average molecular weight is 484 g/mol. The zero-order chi connectivity index (χ0) is 24.1. The Bertz CT molecular complexity index is 1280. The van der Waals surface area contributed by atoms with Crippen molar-refractivity contribution in [3.63, 3.8) is 0 Å². The largest absolute Gasteiger partial charge is 0.489 e. The fourth-order valence-corrected chi connectivity index (χ4v) is 4.39. The number of aromatic nitrogens is 1. The summed E-state index contributed by atoms with van der Waals surface area (Å²) in [4.78, 5) is 17.1. The third-order valence-corrected chi connectivity index (χ3v) is 6.31. The summed E-state index contributed by atoms with van der Waals surface area (Å²) in [7, 11) is 0. The highest BCUT2D eigenvalue weighted by Crippen LogP contribution is 2.30. The van der Waals surface area contributed by atoms with Crippen molar-refractivity contribution >= 4 is 28.6 Å². The molecule has 34 heavy (non-hydrogen) atoms. The number of thioether (sulfide) groups is 1. The van der Waals surface area contributed by atoms with Gasteiger partial charge in [-0.3, -0.25) is 9.78 Å². The Morgan fingerprint density at radius 2 is 1.71 bits per heavy atom. The van der Waals surface area contributed by atoms with E-state index in [1.165, 1.54) is 23.9 Å². The van der Waals surface area contributed by atoms with Gasteiger partial charge in [0.1, 0.15) is 17.6 Å². The summed E-state index contributed by atoms with van der Waals surface area (Å²) in [5.74, 6) is -0.359. The number of ether oxygens (including phenoxy) is 1. The van der Waals surface area contributed by atoms with E-state index in [0.29, 0.717) is 17.7 Å². The number of benzene rings is 3. The van der Waals surface area contributed by atoms with Crippen LogP contribution in [0.1, 0.15) is 16.7 Å². The van der Waals surface area contributed by atoms with E-state index in [2.05, 4.69) is 4.98 Å². The van der Waals surface area contributed by atoms with E-state index in [-0.39, 0.29) is 6.61 Å². The quantitative estimate of drug-likeness (QED) is 0.286. The number of carboxylic acids is 1. The lowest BCUT2D eigenvalue weighted by molar-refractivity contribution is -0.138. The molecule has 0 aliphatic rings. The Morgan fingerprint density at radius 1 is 0.971 bits per heavy atom. The molecular weight excluding hydrogens is 463 g/mol. The fourth-order valence-electron chi connectivity index (χ4n) is 3.37. The highest BCUT2D eigenvalue weighted by molar-refractivity contribution is 8.00. The van der Waals surface area contributed by atoms with Crippen LogP contribution in [0.4, 0.5) is 13.2 Å². The maximum Gasteiger partial charge on any atom is 0.416 e. The van der Waals surface area contributed by atoms with Gasteiger partial charge in [-0.1, -0.05) is 30.3 Å². The molecule has 0 amide bonds. The van der Waals surface area contributed by atoms with Crippen molar-refractivity contribution in [2.45, 2.75) is 29.3 Å². The number of fused-ring (bicyclic) bond motifs is 1.